The third-order valence-electron chi connectivity index (χ3n) is 0.430. The number of allylic oxidation sites excluding steroid dienone is 1. The molecule has 0 atom stereocenters. The van der Waals surface area contributed by atoms with E-state index < -0.39 is 15.6 Å². The zero-order valence-corrected chi connectivity index (χ0v) is 6.24. The van der Waals surface area contributed by atoms with Gasteiger partial charge < -0.3 is 0 Å². The third kappa shape index (κ3) is 3.23. The molecule has 0 aliphatic heterocycles. The van der Waals surface area contributed by atoms with Crippen molar-refractivity contribution in [3.63, 3.8) is 0 Å². The largest absolute Gasteiger partial charge is 0.428 e. The topological polar surface area (TPSA) is 0 Å². The van der Waals surface area contributed by atoms with Gasteiger partial charge in [-0.25, -0.2) is 0 Å². The van der Waals surface area contributed by atoms with Crippen molar-refractivity contribution < 1.29 is 13.2 Å². The first-order valence-corrected chi connectivity index (χ1v) is 2.87. The molecule has 54 valence electrons. The maximum absolute atomic E-state index is 11.4. The second-order valence-electron chi connectivity index (χ2n) is 1.10. The Morgan fingerprint density at radius 1 is 1.22 bits per heavy atom. The van der Waals surface area contributed by atoms with Crippen molar-refractivity contribution in [1.82, 2.24) is 0 Å². The van der Waals surface area contributed by atoms with Crippen molar-refractivity contribution in [2.75, 3.05) is 0 Å². The van der Waals surface area contributed by atoms with E-state index >= 15 is 0 Å². The lowest BCUT2D eigenvalue weighted by molar-refractivity contribution is -0.0845. The van der Waals surface area contributed by atoms with Gasteiger partial charge in [-0.1, -0.05) is 23.2 Å². The number of hydrogen-bond donors (Lipinski definition) is 1. The lowest BCUT2D eigenvalue weighted by Gasteiger charge is -2.02. The van der Waals surface area contributed by atoms with Gasteiger partial charge in [-0.05, 0) is 0 Å². The minimum absolute atomic E-state index is 0.746. The van der Waals surface area contributed by atoms with E-state index in [0.717, 1.165) is 0 Å². The van der Waals surface area contributed by atoms with Gasteiger partial charge in [-0.2, -0.15) is 13.2 Å². The van der Waals surface area contributed by atoms with E-state index in [4.69, 9.17) is 11.6 Å². The molecule has 0 bridgehead atoms. The number of alkyl halides is 3. The molecule has 0 saturated heterocycles. The highest BCUT2D eigenvalue weighted by atomic mass is 35.5. The molecule has 6 heteroatoms. The van der Waals surface area contributed by atoms with Crippen molar-refractivity contribution in [3.8, 4) is 0 Å². The summed E-state index contributed by atoms with van der Waals surface area (Å²) in [6.07, 6.45) is -4.58. The predicted molar refractivity (Wildman–Crippen MR) is 33.8 cm³/mol. The second-order valence-corrected chi connectivity index (χ2v) is 2.57. The van der Waals surface area contributed by atoms with E-state index in [1.54, 1.807) is 0 Å². The number of rotatable bonds is 0. The Bertz CT molecular complexity index is 134. The highest BCUT2D eigenvalue weighted by molar-refractivity contribution is 7.86. The molecule has 0 amide bonds. The van der Waals surface area contributed by atoms with Crippen molar-refractivity contribution in [2.24, 2.45) is 0 Å². The fraction of sp³-hybridized carbons (Fsp3) is 0.333. The van der Waals surface area contributed by atoms with Gasteiger partial charge in [0.05, 0.1) is 4.36 Å². The summed E-state index contributed by atoms with van der Waals surface area (Å²) in [4.78, 5) is 0. The van der Waals surface area contributed by atoms with Gasteiger partial charge in [0.2, 0.25) is 0 Å². The van der Waals surface area contributed by atoms with E-state index in [-0.39, 0.29) is 0 Å². The number of halogens is 5. The van der Waals surface area contributed by atoms with Crippen molar-refractivity contribution in [3.05, 3.63) is 9.40 Å². The first kappa shape index (κ1) is 9.46. The molecule has 0 fully saturated rings. The van der Waals surface area contributed by atoms with E-state index in [1.807, 2.05) is 0 Å². The first-order valence-electron chi connectivity index (χ1n) is 1.67. The molecule has 0 aliphatic carbocycles. The van der Waals surface area contributed by atoms with Crippen LogP contribution in [0.3, 0.4) is 0 Å². The Kier molecular flexibility index (Phi) is 3.19. The highest BCUT2D eigenvalue weighted by Gasteiger charge is 2.34. The highest BCUT2D eigenvalue weighted by Crippen LogP contribution is 2.33. The average Bonchev–Trinajstić information content (AvgIpc) is 1.62. The van der Waals surface area contributed by atoms with Crippen LogP contribution in [0.15, 0.2) is 9.40 Å². The molecule has 0 aliphatic rings. The fourth-order valence-corrected chi connectivity index (χ4v) is 0.351. The van der Waals surface area contributed by atoms with Crippen LogP contribution in [0, 0.1) is 0 Å². The van der Waals surface area contributed by atoms with E-state index in [1.165, 1.54) is 0 Å². The van der Waals surface area contributed by atoms with Crippen LogP contribution in [0.25, 0.3) is 0 Å². The van der Waals surface area contributed by atoms with Crippen LogP contribution in [0.5, 0.6) is 0 Å². The Morgan fingerprint density at radius 2 is 1.56 bits per heavy atom. The van der Waals surface area contributed by atoms with Gasteiger partial charge in [0, 0.05) is 0 Å². The molecule has 0 nitrogen and oxygen atoms in total. The molecule has 0 radical (unpaired) electrons. The van der Waals surface area contributed by atoms with Crippen molar-refractivity contribution in [1.29, 1.82) is 0 Å². The minimum atomic E-state index is -4.58. The lowest BCUT2D eigenvalue weighted by Crippen LogP contribution is -2.07. The van der Waals surface area contributed by atoms with Crippen LogP contribution < -0.4 is 0 Å². The lowest BCUT2D eigenvalue weighted by atomic mass is 10.6. The molecule has 0 unspecified atom stereocenters. The Balaban J connectivity index is 4.40. The normalized spacial score (nSPS) is 15.3. The molecule has 0 rings (SSSR count). The van der Waals surface area contributed by atoms with Gasteiger partial charge in [0.1, 0.15) is 5.03 Å². The summed E-state index contributed by atoms with van der Waals surface area (Å²) in [5.41, 5.74) is 0. The SMILES string of the molecule is FC(F)(F)C(Cl)=C(S)Cl. The zero-order valence-electron chi connectivity index (χ0n) is 3.84. The number of thiol groups is 1. The van der Waals surface area contributed by atoms with Crippen LogP contribution in [0.1, 0.15) is 0 Å². The summed E-state index contributed by atoms with van der Waals surface area (Å²) < 4.78 is 33.4. The summed E-state index contributed by atoms with van der Waals surface area (Å²) in [6, 6.07) is 0. The Hall–Kier alpha value is 0.460. The Morgan fingerprint density at radius 3 is 1.56 bits per heavy atom. The molecule has 0 spiro atoms. The average molecular weight is 197 g/mol. The molecule has 9 heavy (non-hydrogen) atoms. The fourth-order valence-electron chi connectivity index (χ4n) is 0.117. The van der Waals surface area contributed by atoms with Gasteiger partial charge in [0.25, 0.3) is 0 Å². The summed E-state index contributed by atoms with van der Waals surface area (Å²) in [5, 5.41) is -1.40. The predicted octanol–water partition coefficient (Wildman–Crippen LogP) is 3.13. The van der Waals surface area contributed by atoms with Gasteiger partial charge in [-0.3, -0.25) is 0 Å². The van der Waals surface area contributed by atoms with Crippen LogP contribution in [-0.4, -0.2) is 6.18 Å². The monoisotopic (exact) mass is 196 g/mol. The second kappa shape index (κ2) is 3.03. The number of hydrogen-bond acceptors (Lipinski definition) is 1. The third-order valence-corrected chi connectivity index (χ3v) is 1.47. The molecule has 0 aromatic heterocycles. The summed E-state index contributed by atoms with van der Waals surface area (Å²) in [7, 11) is 0. The van der Waals surface area contributed by atoms with E-state index in [2.05, 4.69) is 24.2 Å². The smallest absolute Gasteiger partial charge is 0.165 e. The molecular weight excluding hydrogens is 196 g/mol. The Labute approximate surface area is 65.0 Å². The zero-order chi connectivity index (χ0) is 7.65. The minimum Gasteiger partial charge on any atom is -0.165 e. The maximum atomic E-state index is 11.4. The molecular formula is C3HCl2F3S. The van der Waals surface area contributed by atoms with Crippen LogP contribution in [0.2, 0.25) is 0 Å². The van der Waals surface area contributed by atoms with Crippen LogP contribution in [-0.2, 0) is 0 Å². The maximum Gasteiger partial charge on any atom is 0.428 e. The van der Waals surface area contributed by atoms with Gasteiger partial charge in [-0.15, -0.1) is 12.6 Å². The summed E-state index contributed by atoms with van der Waals surface area (Å²) in [6.45, 7) is 0. The molecule has 0 aromatic rings. The van der Waals surface area contributed by atoms with Crippen molar-refractivity contribution >= 4 is 35.8 Å². The van der Waals surface area contributed by atoms with E-state index in [9.17, 15) is 13.2 Å². The molecule has 0 saturated carbocycles. The summed E-state index contributed by atoms with van der Waals surface area (Å²) >= 11 is 12.6. The van der Waals surface area contributed by atoms with Gasteiger partial charge in [0.15, 0.2) is 0 Å². The van der Waals surface area contributed by atoms with Crippen molar-refractivity contribution in [2.45, 2.75) is 6.18 Å². The molecule has 0 N–H and O–H groups in total. The quantitative estimate of drug-likeness (QED) is 0.566. The summed E-state index contributed by atoms with van der Waals surface area (Å²) in [5.74, 6) is 0. The van der Waals surface area contributed by atoms with E-state index in [0.29, 0.717) is 0 Å². The van der Waals surface area contributed by atoms with Crippen LogP contribution >= 0.6 is 35.8 Å². The van der Waals surface area contributed by atoms with Gasteiger partial charge >= 0.3 is 6.18 Å². The molecule has 0 heterocycles. The standard InChI is InChI=1S/C3HCl2F3S/c4-1(2(5)9)3(6,7)8/h9H. The first-order chi connectivity index (χ1) is 3.85. The molecule has 0 aromatic carbocycles. The van der Waals surface area contributed by atoms with Crippen LogP contribution in [0.4, 0.5) is 13.2 Å².